The molecule has 4 aliphatic rings. The molecule has 0 amide bonds. The Balaban J connectivity index is 1.64. The van der Waals surface area contributed by atoms with Gasteiger partial charge in [-0.05, 0) is 93.8 Å². The fourth-order valence-corrected chi connectivity index (χ4v) is 8.62. The quantitative estimate of drug-likeness (QED) is 0.639. The van der Waals surface area contributed by atoms with Gasteiger partial charge in [-0.15, -0.1) is 0 Å². The molecule has 0 saturated heterocycles. The van der Waals surface area contributed by atoms with E-state index in [1.54, 1.807) is 0 Å². The molecular weight excluding hydrogens is 292 g/mol. The Labute approximate surface area is 150 Å². The average molecular weight is 333 g/mol. The lowest BCUT2D eigenvalue weighted by atomic mass is 9.43. The van der Waals surface area contributed by atoms with Gasteiger partial charge in [0, 0.05) is 5.41 Å². The van der Waals surface area contributed by atoms with Gasteiger partial charge in [-0.3, -0.25) is 0 Å². The third-order valence-electron chi connectivity index (χ3n) is 9.74. The van der Waals surface area contributed by atoms with Gasteiger partial charge in [0.25, 0.3) is 0 Å². The predicted molar refractivity (Wildman–Crippen MR) is 101 cm³/mol. The molecule has 7 atom stereocenters. The summed E-state index contributed by atoms with van der Waals surface area (Å²) in [5.41, 5.74) is 0.451. The van der Waals surface area contributed by atoms with Crippen molar-refractivity contribution in [2.45, 2.75) is 110 Å². The van der Waals surface area contributed by atoms with Crippen LogP contribution in [-0.4, -0.2) is 10.7 Å². The highest BCUT2D eigenvalue weighted by molar-refractivity contribution is 5.12. The highest BCUT2D eigenvalue weighted by Crippen LogP contribution is 2.68. The van der Waals surface area contributed by atoms with Crippen molar-refractivity contribution in [2.24, 2.45) is 34.5 Å². The zero-order valence-corrected chi connectivity index (χ0v) is 16.4. The van der Waals surface area contributed by atoms with Crippen molar-refractivity contribution in [1.29, 1.82) is 0 Å². The van der Waals surface area contributed by atoms with E-state index in [2.05, 4.69) is 20.8 Å². The SMILES string of the molecule is CCCC(C)(O)[C@@]12CCC[C@H]1[C@@H]1CCC3CCCC[C@]3(C)[C@H]1CC2. The van der Waals surface area contributed by atoms with E-state index in [1.165, 1.54) is 70.6 Å². The second-order valence-electron chi connectivity index (χ2n) is 10.5. The van der Waals surface area contributed by atoms with E-state index in [9.17, 15) is 5.11 Å². The fraction of sp³-hybridized carbons (Fsp3) is 1.00. The Morgan fingerprint density at radius 3 is 2.54 bits per heavy atom. The number of aliphatic hydroxyl groups is 1. The highest BCUT2D eigenvalue weighted by Gasteiger charge is 2.62. The first-order valence-electron chi connectivity index (χ1n) is 11.2. The van der Waals surface area contributed by atoms with Gasteiger partial charge in [0.05, 0.1) is 5.60 Å². The van der Waals surface area contributed by atoms with Crippen LogP contribution in [-0.2, 0) is 0 Å². The largest absolute Gasteiger partial charge is 0.390 e. The van der Waals surface area contributed by atoms with E-state index in [0.717, 1.165) is 36.5 Å². The topological polar surface area (TPSA) is 20.2 Å². The summed E-state index contributed by atoms with van der Waals surface area (Å²) >= 11 is 0. The van der Waals surface area contributed by atoms with E-state index in [0.29, 0.717) is 5.41 Å². The Bertz CT molecular complexity index is 469. The number of hydrogen-bond acceptors (Lipinski definition) is 1. The lowest BCUT2D eigenvalue weighted by Crippen LogP contribution is -2.58. The summed E-state index contributed by atoms with van der Waals surface area (Å²) in [6.45, 7) is 7.11. The van der Waals surface area contributed by atoms with Gasteiger partial charge in [0.1, 0.15) is 0 Å². The molecule has 1 heteroatoms. The smallest absolute Gasteiger partial charge is 0.0678 e. The maximum atomic E-state index is 11.5. The van der Waals surface area contributed by atoms with Crippen molar-refractivity contribution in [1.82, 2.24) is 0 Å². The van der Waals surface area contributed by atoms with E-state index < -0.39 is 5.60 Å². The van der Waals surface area contributed by atoms with Gasteiger partial charge in [0.2, 0.25) is 0 Å². The monoisotopic (exact) mass is 332 g/mol. The molecule has 0 spiro atoms. The van der Waals surface area contributed by atoms with Gasteiger partial charge in [-0.1, -0.05) is 39.5 Å². The molecule has 0 aromatic carbocycles. The summed E-state index contributed by atoms with van der Waals surface area (Å²) < 4.78 is 0. The predicted octanol–water partition coefficient (Wildman–Crippen LogP) is 6.34. The van der Waals surface area contributed by atoms with Crippen LogP contribution in [0.3, 0.4) is 0 Å². The maximum absolute atomic E-state index is 11.5. The Morgan fingerprint density at radius 2 is 1.75 bits per heavy atom. The highest BCUT2D eigenvalue weighted by atomic mass is 16.3. The summed E-state index contributed by atoms with van der Waals surface area (Å²) in [5.74, 6) is 3.71. The maximum Gasteiger partial charge on any atom is 0.0678 e. The Morgan fingerprint density at radius 1 is 0.917 bits per heavy atom. The van der Waals surface area contributed by atoms with Crippen molar-refractivity contribution in [3.63, 3.8) is 0 Å². The summed E-state index contributed by atoms with van der Waals surface area (Å²) in [6, 6.07) is 0. The number of rotatable bonds is 3. The van der Waals surface area contributed by atoms with E-state index in [-0.39, 0.29) is 5.41 Å². The molecule has 0 bridgehead atoms. The van der Waals surface area contributed by atoms with Crippen LogP contribution < -0.4 is 0 Å². The van der Waals surface area contributed by atoms with E-state index in [1.807, 2.05) is 0 Å². The van der Waals surface area contributed by atoms with Gasteiger partial charge < -0.3 is 5.11 Å². The van der Waals surface area contributed by atoms with Crippen LogP contribution in [0.4, 0.5) is 0 Å². The molecule has 0 aliphatic heterocycles. The molecule has 2 unspecified atom stereocenters. The zero-order valence-electron chi connectivity index (χ0n) is 16.4. The second kappa shape index (κ2) is 6.00. The van der Waals surface area contributed by atoms with Crippen LogP contribution in [0.25, 0.3) is 0 Å². The van der Waals surface area contributed by atoms with Gasteiger partial charge >= 0.3 is 0 Å². The van der Waals surface area contributed by atoms with Crippen LogP contribution >= 0.6 is 0 Å². The fourth-order valence-electron chi connectivity index (χ4n) is 8.62. The molecule has 4 fully saturated rings. The Kier molecular flexibility index (Phi) is 4.34. The van der Waals surface area contributed by atoms with Crippen molar-refractivity contribution in [3.05, 3.63) is 0 Å². The van der Waals surface area contributed by atoms with Crippen molar-refractivity contribution in [3.8, 4) is 0 Å². The molecule has 0 aromatic heterocycles. The molecule has 0 aromatic rings. The van der Waals surface area contributed by atoms with Gasteiger partial charge in [-0.25, -0.2) is 0 Å². The standard InChI is InChI=1S/C23H40O/c1-4-13-22(3,24)23-15-7-9-20(23)18-11-10-17-8-5-6-14-21(17,2)19(18)12-16-23/h17-20,24H,4-16H2,1-3H3/t17?,18-,19+,20+,21+,22?,23-/m1/s1. The van der Waals surface area contributed by atoms with E-state index in [4.69, 9.17) is 0 Å². The van der Waals surface area contributed by atoms with Crippen LogP contribution in [0.15, 0.2) is 0 Å². The number of hydrogen-bond donors (Lipinski definition) is 1. The first-order valence-corrected chi connectivity index (χ1v) is 11.2. The molecular formula is C23H40O. The first-order chi connectivity index (χ1) is 11.4. The molecule has 1 nitrogen and oxygen atoms in total. The lowest BCUT2D eigenvalue weighted by Gasteiger charge is -2.62. The summed E-state index contributed by atoms with van der Waals surface area (Å²) in [5, 5.41) is 11.5. The van der Waals surface area contributed by atoms with Crippen LogP contribution in [0.1, 0.15) is 104 Å². The first kappa shape index (κ1) is 17.4. The minimum atomic E-state index is -0.432. The third-order valence-corrected chi connectivity index (χ3v) is 9.74. The average Bonchev–Trinajstić information content (AvgIpc) is 3.00. The zero-order chi connectivity index (χ0) is 17.0. The minimum Gasteiger partial charge on any atom is -0.390 e. The van der Waals surface area contributed by atoms with Crippen LogP contribution in [0.5, 0.6) is 0 Å². The molecule has 24 heavy (non-hydrogen) atoms. The summed E-state index contributed by atoms with van der Waals surface area (Å²) in [7, 11) is 0. The third kappa shape index (κ3) is 2.29. The molecule has 1 N–H and O–H groups in total. The molecule has 138 valence electrons. The van der Waals surface area contributed by atoms with Crippen molar-refractivity contribution in [2.75, 3.05) is 0 Å². The normalized spacial score (nSPS) is 50.5. The van der Waals surface area contributed by atoms with Gasteiger partial charge in [-0.2, -0.15) is 0 Å². The van der Waals surface area contributed by atoms with Gasteiger partial charge in [0.15, 0.2) is 0 Å². The van der Waals surface area contributed by atoms with Crippen molar-refractivity contribution >= 4 is 0 Å². The molecule has 4 saturated carbocycles. The minimum absolute atomic E-state index is 0.252. The van der Waals surface area contributed by atoms with E-state index >= 15 is 0 Å². The summed E-state index contributed by atoms with van der Waals surface area (Å²) in [4.78, 5) is 0. The van der Waals surface area contributed by atoms with Crippen LogP contribution in [0, 0.1) is 34.5 Å². The second-order valence-corrected chi connectivity index (χ2v) is 10.5. The van der Waals surface area contributed by atoms with Crippen molar-refractivity contribution < 1.29 is 5.11 Å². The lowest BCUT2D eigenvalue weighted by molar-refractivity contribution is -0.174. The Hall–Kier alpha value is -0.0400. The summed E-state index contributed by atoms with van der Waals surface area (Å²) in [6.07, 6.45) is 17.8. The van der Waals surface area contributed by atoms with Crippen LogP contribution in [0.2, 0.25) is 0 Å². The molecule has 0 radical (unpaired) electrons. The molecule has 4 aliphatic carbocycles. The molecule has 4 rings (SSSR count). The number of fused-ring (bicyclic) bond motifs is 5. The molecule has 0 heterocycles.